The van der Waals surface area contributed by atoms with Crippen molar-refractivity contribution in [1.82, 2.24) is 0 Å². The molecule has 2 N–H and O–H groups in total. The third kappa shape index (κ3) is 4.41. The van der Waals surface area contributed by atoms with E-state index in [1.54, 1.807) is 18.2 Å². The average molecular weight is 376 g/mol. The van der Waals surface area contributed by atoms with Crippen molar-refractivity contribution in [1.29, 1.82) is 0 Å². The molecule has 0 bridgehead atoms. The van der Waals surface area contributed by atoms with Gasteiger partial charge in [0.2, 0.25) is 5.91 Å². The van der Waals surface area contributed by atoms with Crippen LogP contribution in [-0.2, 0) is 4.79 Å². The quantitative estimate of drug-likeness (QED) is 0.830. The number of rotatable bonds is 4. The van der Waals surface area contributed by atoms with Gasteiger partial charge in [-0.05, 0) is 30.3 Å². The van der Waals surface area contributed by atoms with Gasteiger partial charge >= 0.3 is 0 Å². The fourth-order valence-corrected chi connectivity index (χ4v) is 2.33. The second-order valence-electron chi connectivity index (χ2n) is 4.15. The Labute approximate surface area is 133 Å². The second-order valence-corrected chi connectivity index (χ2v) is 5.48. The van der Waals surface area contributed by atoms with Gasteiger partial charge in [0.1, 0.15) is 0 Å². The van der Waals surface area contributed by atoms with Crippen LogP contribution in [0, 0.1) is 11.6 Å². The molecule has 0 atom stereocenters. The lowest BCUT2D eigenvalue weighted by molar-refractivity contribution is -0.114. The molecule has 21 heavy (non-hydrogen) atoms. The molecule has 7 heteroatoms. The van der Waals surface area contributed by atoms with Gasteiger partial charge in [0, 0.05) is 16.2 Å². The molecule has 110 valence electrons. The Morgan fingerprint density at radius 1 is 1.14 bits per heavy atom. The summed E-state index contributed by atoms with van der Waals surface area (Å²) in [5.74, 6) is -2.38. The summed E-state index contributed by atoms with van der Waals surface area (Å²) < 4.78 is 26.6. The zero-order valence-corrected chi connectivity index (χ0v) is 12.9. The minimum absolute atomic E-state index is 0.0552. The first kappa shape index (κ1) is 15.7. The molecular formula is C14H10BrClF2N2O. The summed E-state index contributed by atoms with van der Waals surface area (Å²) in [5, 5.41) is 5.77. The molecule has 0 aliphatic rings. The molecule has 1 amide bonds. The van der Waals surface area contributed by atoms with E-state index in [-0.39, 0.29) is 12.2 Å². The van der Waals surface area contributed by atoms with Crippen LogP contribution in [-0.4, -0.2) is 12.5 Å². The Hall–Kier alpha value is -1.66. The van der Waals surface area contributed by atoms with E-state index in [0.29, 0.717) is 10.7 Å². The maximum atomic E-state index is 13.0. The maximum absolute atomic E-state index is 13.0. The molecule has 0 spiro atoms. The van der Waals surface area contributed by atoms with E-state index in [0.717, 1.165) is 16.6 Å². The molecular weight excluding hydrogens is 366 g/mol. The summed E-state index contributed by atoms with van der Waals surface area (Å²) in [6.07, 6.45) is 0. The molecule has 2 rings (SSSR count). The summed E-state index contributed by atoms with van der Waals surface area (Å²) in [6.45, 7) is -0.0552. The lowest BCUT2D eigenvalue weighted by Crippen LogP contribution is -2.22. The van der Waals surface area contributed by atoms with E-state index in [9.17, 15) is 13.6 Å². The Balaban J connectivity index is 1.94. The summed E-state index contributed by atoms with van der Waals surface area (Å²) >= 11 is 9.27. The van der Waals surface area contributed by atoms with Gasteiger partial charge in [-0.2, -0.15) is 0 Å². The van der Waals surface area contributed by atoms with Crippen molar-refractivity contribution in [3.63, 3.8) is 0 Å². The molecule has 0 heterocycles. The fraction of sp³-hybridized carbons (Fsp3) is 0.0714. The highest BCUT2D eigenvalue weighted by Gasteiger charge is 2.07. The van der Waals surface area contributed by atoms with Gasteiger partial charge in [-0.1, -0.05) is 27.5 Å². The number of nitrogens with one attached hydrogen (secondary N) is 2. The van der Waals surface area contributed by atoms with Gasteiger partial charge in [-0.3, -0.25) is 4.79 Å². The van der Waals surface area contributed by atoms with E-state index in [4.69, 9.17) is 11.6 Å². The molecule has 0 saturated carbocycles. The number of halogens is 4. The lowest BCUT2D eigenvalue weighted by atomic mass is 10.3. The van der Waals surface area contributed by atoms with E-state index in [2.05, 4.69) is 26.6 Å². The summed E-state index contributed by atoms with van der Waals surface area (Å²) in [7, 11) is 0. The molecule has 0 radical (unpaired) electrons. The SMILES string of the molecule is O=C(CNc1ccc(Br)cc1Cl)Nc1ccc(F)c(F)c1. The second kappa shape index (κ2) is 6.87. The van der Waals surface area contributed by atoms with Crippen molar-refractivity contribution in [3.05, 3.63) is 57.5 Å². The fourth-order valence-electron chi connectivity index (χ4n) is 1.59. The highest BCUT2D eigenvalue weighted by molar-refractivity contribution is 9.10. The van der Waals surface area contributed by atoms with Gasteiger partial charge in [-0.15, -0.1) is 0 Å². The topological polar surface area (TPSA) is 41.1 Å². The van der Waals surface area contributed by atoms with Crippen LogP contribution in [0.1, 0.15) is 0 Å². The molecule has 0 saturated heterocycles. The van der Waals surface area contributed by atoms with Crippen LogP contribution in [0.2, 0.25) is 5.02 Å². The van der Waals surface area contributed by atoms with Crippen molar-refractivity contribution in [3.8, 4) is 0 Å². The van der Waals surface area contributed by atoms with Gasteiger partial charge in [-0.25, -0.2) is 8.78 Å². The number of hydrogen-bond donors (Lipinski definition) is 2. The van der Waals surface area contributed by atoms with Gasteiger partial charge in [0.05, 0.1) is 17.3 Å². The number of carbonyl (C=O) groups excluding carboxylic acids is 1. The molecule has 0 aliphatic carbocycles. The molecule has 3 nitrogen and oxygen atoms in total. The first-order valence-corrected chi connectivity index (χ1v) is 7.06. The number of hydrogen-bond acceptors (Lipinski definition) is 2. The largest absolute Gasteiger partial charge is 0.375 e. The van der Waals surface area contributed by atoms with Crippen molar-refractivity contribution in [2.24, 2.45) is 0 Å². The number of benzene rings is 2. The molecule has 0 aliphatic heterocycles. The lowest BCUT2D eigenvalue weighted by Gasteiger charge is -2.09. The van der Waals surface area contributed by atoms with Crippen LogP contribution in [0.25, 0.3) is 0 Å². The first-order chi connectivity index (χ1) is 9.95. The smallest absolute Gasteiger partial charge is 0.243 e. The third-order valence-electron chi connectivity index (χ3n) is 2.57. The maximum Gasteiger partial charge on any atom is 0.243 e. The number of anilines is 2. The average Bonchev–Trinajstić information content (AvgIpc) is 2.42. The molecule has 2 aromatic carbocycles. The molecule has 0 aromatic heterocycles. The van der Waals surface area contributed by atoms with Crippen molar-refractivity contribution < 1.29 is 13.6 Å². The van der Waals surface area contributed by atoms with E-state index >= 15 is 0 Å². The van der Waals surface area contributed by atoms with Crippen LogP contribution in [0.15, 0.2) is 40.9 Å². The van der Waals surface area contributed by atoms with Crippen LogP contribution >= 0.6 is 27.5 Å². The van der Waals surface area contributed by atoms with Crippen molar-refractivity contribution in [2.45, 2.75) is 0 Å². The predicted octanol–water partition coefficient (Wildman–Crippen LogP) is 4.43. The summed E-state index contributed by atoms with van der Waals surface area (Å²) in [5.41, 5.74) is 0.780. The van der Waals surface area contributed by atoms with E-state index in [1.807, 2.05) is 0 Å². The Morgan fingerprint density at radius 3 is 2.57 bits per heavy atom. The van der Waals surface area contributed by atoms with Crippen LogP contribution in [0.5, 0.6) is 0 Å². The Morgan fingerprint density at radius 2 is 1.90 bits per heavy atom. The highest BCUT2D eigenvalue weighted by atomic mass is 79.9. The molecule has 0 fully saturated rings. The van der Waals surface area contributed by atoms with Crippen LogP contribution in [0.3, 0.4) is 0 Å². The first-order valence-electron chi connectivity index (χ1n) is 5.89. The number of amides is 1. The Kier molecular flexibility index (Phi) is 5.14. The van der Waals surface area contributed by atoms with Crippen molar-refractivity contribution >= 4 is 44.8 Å². The zero-order chi connectivity index (χ0) is 15.4. The van der Waals surface area contributed by atoms with Gasteiger partial charge in [0.25, 0.3) is 0 Å². The third-order valence-corrected chi connectivity index (χ3v) is 3.38. The van der Waals surface area contributed by atoms with Gasteiger partial charge < -0.3 is 10.6 Å². The molecule has 2 aromatic rings. The monoisotopic (exact) mass is 374 g/mol. The summed E-state index contributed by atoms with van der Waals surface area (Å²) in [4.78, 5) is 11.7. The predicted molar refractivity (Wildman–Crippen MR) is 82.6 cm³/mol. The normalized spacial score (nSPS) is 10.3. The minimum atomic E-state index is -1.02. The van der Waals surface area contributed by atoms with Crippen LogP contribution < -0.4 is 10.6 Å². The van der Waals surface area contributed by atoms with Gasteiger partial charge in [0.15, 0.2) is 11.6 Å². The van der Waals surface area contributed by atoms with Crippen LogP contribution in [0.4, 0.5) is 20.2 Å². The minimum Gasteiger partial charge on any atom is -0.375 e. The standard InChI is InChI=1S/C14H10BrClF2N2O/c15-8-1-4-13(10(16)5-8)19-7-14(21)20-9-2-3-11(17)12(18)6-9/h1-6,19H,7H2,(H,20,21). The zero-order valence-electron chi connectivity index (χ0n) is 10.6. The number of carbonyl (C=O) groups is 1. The Bertz CT molecular complexity index is 682. The van der Waals surface area contributed by atoms with E-state index in [1.165, 1.54) is 6.07 Å². The molecule has 0 unspecified atom stereocenters. The summed E-state index contributed by atoms with van der Waals surface area (Å²) in [6, 6.07) is 8.34. The highest BCUT2D eigenvalue weighted by Crippen LogP contribution is 2.25. The van der Waals surface area contributed by atoms with E-state index < -0.39 is 17.5 Å². The van der Waals surface area contributed by atoms with Crippen molar-refractivity contribution in [2.75, 3.05) is 17.2 Å².